The van der Waals surface area contributed by atoms with E-state index in [0.29, 0.717) is 0 Å². The molecule has 0 fully saturated rings. The molecule has 62 valence electrons. The van der Waals surface area contributed by atoms with Crippen molar-refractivity contribution < 1.29 is 0 Å². The molecular formula is C11H11Cl. The molecule has 0 heterocycles. The third kappa shape index (κ3) is 1.27. The second kappa shape index (κ2) is 2.95. The highest BCUT2D eigenvalue weighted by molar-refractivity contribution is 6.30. The highest BCUT2D eigenvalue weighted by Gasteiger charge is 2.10. The van der Waals surface area contributed by atoms with Gasteiger partial charge in [-0.2, -0.15) is 0 Å². The molecule has 0 aliphatic heterocycles. The predicted octanol–water partition coefficient (Wildman–Crippen LogP) is 3.69. The van der Waals surface area contributed by atoms with Gasteiger partial charge in [-0.25, -0.2) is 0 Å². The molecule has 0 spiro atoms. The van der Waals surface area contributed by atoms with Gasteiger partial charge in [-0.05, 0) is 36.1 Å². The average Bonchev–Trinajstić information content (AvgIpc) is 2.46. The minimum absolute atomic E-state index is 0.847. The third-order valence-corrected chi connectivity index (χ3v) is 2.57. The maximum Gasteiger partial charge on any atom is 0.0409 e. The summed E-state index contributed by atoms with van der Waals surface area (Å²) in [6.07, 6.45) is 4.50. The summed E-state index contributed by atoms with van der Waals surface area (Å²) in [5, 5.41) is 0.847. The summed E-state index contributed by atoms with van der Waals surface area (Å²) in [5.74, 6) is 0. The van der Waals surface area contributed by atoms with E-state index in [9.17, 15) is 0 Å². The van der Waals surface area contributed by atoms with Gasteiger partial charge in [0.05, 0.1) is 0 Å². The molecule has 1 aliphatic rings. The fourth-order valence-electron chi connectivity index (χ4n) is 1.61. The highest BCUT2D eigenvalue weighted by atomic mass is 35.5. The lowest BCUT2D eigenvalue weighted by Gasteiger charge is -1.98. The van der Waals surface area contributed by atoms with Gasteiger partial charge in [-0.15, -0.1) is 0 Å². The maximum atomic E-state index is 5.89. The van der Waals surface area contributed by atoms with Gasteiger partial charge >= 0.3 is 0 Å². The van der Waals surface area contributed by atoms with E-state index in [4.69, 9.17) is 11.6 Å². The normalized spacial score (nSPS) is 14.3. The molecule has 1 heteroatoms. The molecule has 1 aliphatic carbocycles. The molecule has 2 rings (SSSR count). The molecule has 0 saturated carbocycles. The van der Waals surface area contributed by atoms with Crippen LogP contribution < -0.4 is 0 Å². The number of hydrogen-bond donors (Lipinski definition) is 0. The molecule has 0 unspecified atom stereocenters. The van der Waals surface area contributed by atoms with Gasteiger partial charge in [-0.1, -0.05) is 36.2 Å². The Morgan fingerprint density at radius 2 is 2.25 bits per heavy atom. The van der Waals surface area contributed by atoms with Gasteiger partial charge in [0.25, 0.3) is 0 Å². The summed E-state index contributed by atoms with van der Waals surface area (Å²) in [6.45, 7) is 2.19. The zero-order chi connectivity index (χ0) is 8.55. The van der Waals surface area contributed by atoms with Crippen LogP contribution in [0.25, 0.3) is 6.08 Å². The molecule has 0 bridgehead atoms. The lowest BCUT2D eigenvalue weighted by molar-refractivity contribution is 1.04. The van der Waals surface area contributed by atoms with Crippen LogP contribution in [0, 0.1) is 0 Å². The Labute approximate surface area is 77.9 Å². The van der Waals surface area contributed by atoms with Gasteiger partial charge in [0.15, 0.2) is 0 Å². The lowest BCUT2D eigenvalue weighted by atomic mass is 10.1. The summed E-state index contributed by atoms with van der Waals surface area (Å²) in [4.78, 5) is 0. The van der Waals surface area contributed by atoms with E-state index in [1.54, 1.807) is 0 Å². The Morgan fingerprint density at radius 3 is 3.00 bits per heavy atom. The Hall–Kier alpha value is -0.750. The summed E-state index contributed by atoms with van der Waals surface area (Å²) in [6, 6.07) is 6.12. The molecule has 0 aromatic heterocycles. The Balaban J connectivity index is 2.40. The van der Waals surface area contributed by atoms with Gasteiger partial charge in [0.1, 0.15) is 0 Å². The average molecular weight is 179 g/mol. The monoisotopic (exact) mass is 178 g/mol. The van der Waals surface area contributed by atoms with Crippen molar-refractivity contribution in [3.8, 4) is 0 Å². The van der Waals surface area contributed by atoms with Gasteiger partial charge in [0, 0.05) is 5.02 Å². The zero-order valence-corrected chi connectivity index (χ0v) is 7.86. The zero-order valence-electron chi connectivity index (χ0n) is 7.10. The lowest BCUT2D eigenvalue weighted by Crippen LogP contribution is -1.82. The standard InChI is InChI=1S/C11H11Cl/c1-2-8-5-9-3-4-11(12)7-10(9)6-8/h3-5,7H,2,6H2,1H3. The Morgan fingerprint density at radius 1 is 1.42 bits per heavy atom. The second-order valence-corrected chi connectivity index (χ2v) is 3.61. The van der Waals surface area contributed by atoms with Crippen LogP contribution in [0.2, 0.25) is 5.02 Å². The van der Waals surface area contributed by atoms with Crippen molar-refractivity contribution in [2.45, 2.75) is 19.8 Å². The molecule has 0 atom stereocenters. The second-order valence-electron chi connectivity index (χ2n) is 3.18. The smallest absolute Gasteiger partial charge is 0.0409 e. The number of fused-ring (bicyclic) bond motifs is 1. The number of halogens is 1. The van der Waals surface area contributed by atoms with Crippen molar-refractivity contribution in [1.82, 2.24) is 0 Å². The number of allylic oxidation sites excluding steroid dienone is 1. The fourth-order valence-corrected chi connectivity index (χ4v) is 1.81. The van der Waals surface area contributed by atoms with Crippen LogP contribution in [0.3, 0.4) is 0 Å². The third-order valence-electron chi connectivity index (χ3n) is 2.34. The van der Waals surface area contributed by atoms with Crippen LogP contribution in [-0.4, -0.2) is 0 Å². The summed E-state index contributed by atoms with van der Waals surface area (Å²) in [7, 11) is 0. The van der Waals surface area contributed by atoms with E-state index < -0.39 is 0 Å². The molecule has 1 aromatic carbocycles. The first-order valence-corrected chi connectivity index (χ1v) is 4.65. The van der Waals surface area contributed by atoms with Crippen molar-refractivity contribution in [1.29, 1.82) is 0 Å². The van der Waals surface area contributed by atoms with Crippen LogP contribution in [0.15, 0.2) is 23.8 Å². The minimum Gasteiger partial charge on any atom is -0.0843 e. The van der Waals surface area contributed by atoms with Crippen molar-refractivity contribution in [2.75, 3.05) is 0 Å². The summed E-state index contributed by atoms with van der Waals surface area (Å²) >= 11 is 5.89. The van der Waals surface area contributed by atoms with Gasteiger partial charge in [0.2, 0.25) is 0 Å². The first-order valence-electron chi connectivity index (χ1n) is 4.27. The van der Waals surface area contributed by atoms with Crippen LogP contribution in [0.4, 0.5) is 0 Å². The molecule has 0 N–H and O–H groups in total. The van der Waals surface area contributed by atoms with E-state index >= 15 is 0 Å². The summed E-state index contributed by atoms with van der Waals surface area (Å²) < 4.78 is 0. The van der Waals surface area contributed by atoms with Crippen LogP contribution in [0.1, 0.15) is 24.5 Å². The van der Waals surface area contributed by atoms with Crippen LogP contribution in [-0.2, 0) is 6.42 Å². The van der Waals surface area contributed by atoms with E-state index in [-0.39, 0.29) is 0 Å². The van der Waals surface area contributed by atoms with Crippen molar-refractivity contribution in [3.63, 3.8) is 0 Å². The first-order chi connectivity index (χ1) is 5.79. The number of hydrogen-bond acceptors (Lipinski definition) is 0. The molecule has 1 aromatic rings. The van der Waals surface area contributed by atoms with E-state index in [0.717, 1.165) is 17.9 Å². The van der Waals surface area contributed by atoms with E-state index in [1.165, 1.54) is 16.7 Å². The maximum absolute atomic E-state index is 5.89. The molecule has 0 radical (unpaired) electrons. The highest BCUT2D eigenvalue weighted by Crippen LogP contribution is 2.28. The number of benzene rings is 1. The SMILES string of the molecule is CCC1=Cc2ccc(Cl)cc2C1. The summed E-state index contributed by atoms with van der Waals surface area (Å²) in [5.41, 5.74) is 4.22. The quantitative estimate of drug-likeness (QED) is 0.616. The molecule has 0 amide bonds. The number of rotatable bonds is 1. The molecule has 0 saturated heterocycles. The predicted molar refractivity (Wildman–Crippen MR) is 53.4 cm³/mol. The first kappa shape index (κ1) is 7.88. The van der Waals surface area contributed by atoms with Crippen LogP contribution >= 0.6 is 11.6 Å². The molecule has 0 nitrogen and oxygen atoms in total. The van der Waals surface area contributed by atoms with Crippen molar-refractivity contribution >= 4 is 17.7 Å². The van der Waals surface area contributed by atoms with E-state index in [2.05, 4.69) is 25.1 Å². The van der Waals surface area contributed by atoms with E-state index in [1.807, 2.05) is 6.07 Å². The topological polar surface area (TPSA) is 0 Å². The Kier molecular flexibility index (Phi) is 1.93. The minimum atomic E-state index is 0.847. The molecular weight excluding hydrogens is 168 g/mol. The fraction of sp³-hybridized carbons (Fsp3) is 0.273. The Bertz CT molecular complexity index is 337. The van der Waals surface area contributed by atoms with Gasteiger partial charge < -0.3 is 0 Å². The largest absolute Gasteiger partial charge is 0.0843 e. The molecule has 12 heavy (non-hydrogen) atoms. The van der Waals surface area contributed by atoms with Crippen LogP contribution in [0.5, 0.6) is 0 Å². The van der Waals surface area contributed by atoms with Gasteiger partial charge in [-0.3, -0.25) is 0 Å². The van der Waals surface area contributed by atoms with Crippen molar-refractivity contribution in [3.05, 3.63) is 39.9 Å². The van der Waals surface area contributed by atoms with Crippen molar-refractivity contribution in [2.24, 2.45) is 0 Å².